The van der Waals surface area contributed by atoms with Gasteiger partial charge in [0.2, 0.25) is 0 Å². The number of methoxy groups -OCH3 is 1. The molecule has 6 rings (SSSR count). The molecule has 15 nitrogen and oxygen atoms in total. The Balaban J connectivity index is 1.57. The molecule has 0 radical (unpaired) electrons. The van der Waals surface area contributed by atoms with Gasteiger partial charge in [-0.1, -0.05) is 45.9 Å². The van der Waals surface area contributed by atoms with Crippen molar-refractivity contribution in [3.63, 3.8) is 0 Å². The number of aromatic hydroxyl groups is 2. The molecule has 0 spiro atoms. The molecule has 0 aromatic heterocycles. The van der Waals surface area contributed by atoms with Gasteiger partial charge in [0.15, 0.2) is 11.9 Å². The Morgan fingerprint density at radius 3 is 2.32 bits per heavy atom. The molecule has 2 aromatic carbocycles. The van der Waals surface area contributed by atoms with E-state index in [-0.39, 0.29) is 67.5 Å². The molecule has 2 aromatic rings. The number of ether oxygens (including phenoxy) is 4. The minimum Gasteiger partial charge on any atom is -0.507 e. The van der Waals surface area contributed by atoms with Crippen molar-refractivity contribution in [3.8, 4) is 17.2 Å². The fourth-order valence-corrected chi connectivity index (χ4v) is 9.35. The molecule has 1 saturated heterocycles. The molecule has 4 aliphatic heterocycles. The molecule has 60 heavy (non-hydrogen) atoms. The summed E-state index contributed by atoms with van der Waals surface area (Å²) in [6, 6.07) is 0.397. The maximum absolute atomic E-state index is 13.9. The number of aliphatic hydroxyl groups is 3. The van der Waals surface area contributed by atoms with E-state index in [1.54, 1.807) is 65.8 Å². The lowest BCUT2D eigenvalue weighted by molar-refractivity contribution is -0.181. The molecule has 0 aliphatic carbocycles. The minimum absolute atomic E-state index is 0.0313. The maximum atomic E-state index is 13.9. The quantitative estimate of drug-likeness (QED) is 0.187. The summed E-state index contributed by atoms with van der Waals surface area (Å²) in [5.74, 6) is -5.84. The van der Waals surface area contributed by atoms with Gasteiger partial charge in [-0.3, -0.25) is 24.5 Å². The van der Waals surface area contributed by atoms with Crippen LogP contribution in [0.25, 0.3) is 10.8 Å². The van der Waals surface area contributed by atoms with Gasteiger partial charge in [0.1, 0.15) is 28.6 Å². The Bertz CT molecular complexity index is 2210. The summed E-state index contributed by atoms with van der Waals surface area (Å²) in [5, 5.41) is 62.8. The molecule has 328 valence electrons. The molecule has 15 heteroatoms. The predicted octanol–water partition coefficient (Wildman–Crippen LogP) is 4.00. The van der Waals surface area contributed by atoms with Crippen LogP contribution >= 0.6 is 0 Å². The Hall–Kier alpha value is -4.54. The van der Waals surface area contributed by atoms with Gasteiger partial charge in [-0.05, 0) is 46.2 Å². The van der Waals surface area contributed by atoms with Crippen molar-refractivity contribution in [1.29, 1.82) is 0 Å². The summed E-state index contributed by atoms with van der Waals surface area (Å²) in [6.45, 7) is 13.8. The second kappa shape index (κ2) is 17.8. The lowest BCUT2D eigenvalue weighted by Crippen LogP contribution is -2.46. The number of rotatable bonds is 2. The standard InChI is InChI=1S/C45H62N4O11/c1-21-12-11-13-22(2)44(56)48-36-35-34(47-20-29-15-14-28(49(29)9)16-18-46-35)31-32(40(36)54)39(53)26(6)42-33(31)43(55)45(8,60-42)58-19-17-30(57-10)23(3)41(59-27(7)50)25(5)38(52)24(4)37(21)51/h11-13,17,19,21,23-25,28-30,37-38,41,43,51-55H,14-16,18,20H2,1-10H3,(H,48,56)/b12-11+,19-17+,22-13-,46-35?,47-34?/t21-,23+,24+,25+,28-,29+,30-,37-,38+,41+,43?,45-/m0/s1. The lowest BCUT2D eigenvalue weighted by atomic mass is 9.78. The fraction of sp³-hybridized carbons (Fsp3) is 0.600. The van der Waals surface area contributed by atoms with Gasteiger partial charge in [0.05, 0.1) is 41.9 Å². The highest BCUT2D eigenvalue weighted by atomic mass is 16.7. The molecule has 4 aliphatic rings. The second-order valence-electron chi connectivity index (χ2n) is 17.3. The first kappa shape index (κ1) is 45.0. The van der Waals surface area contributed by atoms with E-state index in [0.717, 1.165) is 19.3 Å². The number of anilines is 1. The van der Waals surface area contributed by atoms with Crippen molar-refractivity contribution in [3.05, 3.63) is 58.0 Å². The lowest BCUT2D eigenvalue weighted by Gasteiger charge is -2.38. The minimum atomic E-state index is -1.77. The molecule has 0 saturated carbocycles. The van der Waals surface area contributed by atoms with Crippen LogP contribution in [0.4, 0.5) is 5.69 Å². The highest BCUT2D eigenvalue weighted by Crippen LogP contribution is 2.53. The molecule has 1 amide bonds. The van der Waals surface area contributed by atoms with E-state index in [2.05, 4.69) is 17.3 Å². The first-order valence-corrected chi connectivity index (χ1v) is 20.9. The summed E-state index contributed by atoms with van der Waals surface area (Å²) in [6.07, 6.45) is 5.28. The zero-order chi connectivity index (χ0) is 44.0. The number of hydrogen-bond acceptors (Lipinski definition) is 14. The predicted molar refractivity (Wildman–Crippen MR) is 224 cm³/mol. The van der Waals surface area contributed by atoms with E-state index in [4.69, 9.17) is 28.9 Å². The average molecular weight is 835 g/mol. The fourth-order valence-electron chi connectivity index (χ4n) is 9.35. The molecular formula is C45H62N4O11. The number of phenols is 2. The number of carbonyl (C=O) groups is 2. The first-order valence-electron chi connectivity index (χ1n) is 20.9. The van der Waals surface area contributed by atoms with Gasteiger partial charge in [0, 0.05) is 85.3 Å². The summed E-state index contributed by atoms with van der Waals surface area (Å²) < 4.78 is 24.2. The summed E-state index contributed by atoms with van der Waals surface area (Å²) in [5.41, 5.74) is 0.674. The van der Waals surface area contributed by atoms with Gasteiger partial charge < -0.3 is 49.8 Å². The Morgan fingerprint density at radius 1 is 0.933 bits per heavy atom. The van der Waals surface area contributed by atoms with Gasteiger partial charge in [-0.15, -0.1) is 0 Å². The SMILES string of the molecule is CO[C@H]1/C=C/O[C@@]2(C)Oc3c(C)c(O)c4c(O)c(c5c(c4c3C2O)=NC[C@H]2CC[C@@H](CCN=5)N2C)NC(=O)/C(C)=C\C=C\[C@H](C)[C@H](O)[C@@H](C)[C@@H](O)[C@@H](C)[C@H](OC(C)=O)[C@@H]1C. The number of benzene rings is 2. The van der Waals surface area contributed by atoms with E-state index >= 15 is 0 Å². The molecule has 4 heterocycles. The zero-order valence-electron chi connectivity index (χ0n) is 36.3. The van der Waals surface area contributed by atoms with Crippen molar-refractivity contribution in [2.75, 3.05) is 32.6 Å². The van der Waals surface area contributed by atoms with Crippen molar-refractivity contribution in [1.82, 2.24) is 4.90 Å². The number of aliphatic hydroxyl groups excluding tert-OH is 3. The van der Waals surface area contributed by atoms with Crippen LogP contribution in [0.15, 0.2) is 46.1 Å². The van der Waals surface area contributed by atoms with Crippen LogP contribution in [0.5, 0.6) is 17.2 Å². The molecule has 6 bridgehead atoms. The number of nitrogens with zero attached hydrogens (tertiary/aromatic N) is 3. The summed E-state index contributed by atoms with van der Waals surface area (Å²) >= 11 is 0. The van der Waals surface area contributed by atoms with Gasteiger partial charge in [0.25, 0.3) is 11.7 Å². The van der Waals surface area contributed by atoms with Crippen molar-refractivity contribution < 1.29 is 54.1 Å². The largest absolute Gasteiger partial charge is 0.507 e. The van der Waals surface area contributed by atoms with Crippen LogP contribution in [0.3, 0.4) is 0 Å². The van der Waals surface area contributed by atoms with Crippen molar-refractivity contribution in [2.45, 2.75) is 123 Å². The highest BCUT2D eigenvalue weighted by molar-refractivity contribution is 6.08. The van der Waals surface area contributed by atoms with E-state index in [9.17, 15) is 35.1 Å². The van der Waals surface area contributed by atoms with Crippen LogP contribution in [0.1, 0.15) is 85.0 Å². The zero-order valence-corrected chi connectivity index (χ0v) is 36.3. The monoisotopic (exact) mass is 834 g/mol. The van der Waals surface area contributed by atoms with Crippen LogP contribution in [-0.2, 0) is 23.8 Å². The molecule has 1 unspecified atom stereocenters. The molecule has 12 atom stereocenters. The van der Waals surface area contributed by atoms with E-state index in [1.165, 1.54) is 20.3 Å². The number of carbonyl (C=O) groups excluding carboxylic acids is 2. The summed E-state index contributed by atoms with van der Waals surface area (Å²) in [4.78, 5) is 38.7. The molecular weight excluding hydrogens is 773 g/mol. The normalized spacial score (nSPS) is 36.1. The number of allylic oxidation sites excluding steroid dienone is 2. The summed E-state index contributed by atoms with van der Waals surface area (Å²) in [7, 11) is 3.56. The Kier molecular flexibility index (Phi) is 13.4. The van der Waals surface area contributed by atoms with Crippen LogP contribution < -0.4 is 20.8 Å². The maximum Gasteiger partial charge on any atom is 0.302 e. The van der Waals surface area contributed by atoms with Crippen molar-refractivity contribution in [2.24, 2.45) is 33.7 Å². The second-order valence-corrected chi connectivity index (χ2v) is 17.3. The number of likely N-dealkylation sites (N-methyl/N-ethyl adjacent to an activating group) is 1. The van der Waals surface area contributed by atoms with Gasteiger partial charge >= 0.3 is 5.97 Å². The third-order valence-electron chi connectivity index (χ3n) is 13.3. The van der Waals surface area contributed by atoms with E-state index in [0.29, 0.717) is 13.1 Å². The van der Waals surface area contributed by atoms with Gasteiger partial charge in [-0.2, -0.15) is 0 Å². The van der Waals surface area contributed by atoms with Crippen LogP contribution in [-0.4, -0.2) is 112 Å². The topological polar surface area (TPSA) is 212 Å². The Morgan fingerprint density at radius 2 is 1.63 bits per heavy atom. The average Bonchev–Trinajstić information content (AvgIpc) is 3.68. The molecule has 6 N–H and O–H groups in total. The number of hydrogen-bond donors (Lipinski definition) is 6. The number of esters is 1. The molecule has 1 fully saturated rings. The number of fused-ring (bicyclic) bond motifs is 3. The number of phenolic OH excluding ortho intramolecular Hbond substituents is 2. The third kappa shape index (κ3) is 8.26. The third-order valence-corrected chi connectivity index (χ3v) is 13.3. The van der Waals surface area contributed by atoms with Crippen LogP contribution in [0.2, 0.25) is 0 Å². The first-order chi connectivity index (χ1) is 28.3. The smallest absolute Gasteiger partial charge is 0.302 e. The van der Waals surface area contributed by atoms with Crippen LogP contribution in [0, 0.1) is 30.6 Å². The van der Waals surface area contributed by atoms with E-state index in [1.807, 2.05) is 6.92 Å². The number of nitrogens with one attached hydrogen (secondary N) is 1. The highest BCUT2D eigenvalue weighted by Gasteiger charge is 2.49. The van der Waals surface area contributed by atoms with Crippen molar-refractivity contribution >= 4 is 28.3 Å². The number of amides is 1. The van der Waals surface area contributed by atoms with E-state index < -0.39 is 77.6 Å². The Labute approximate surface area is 351 Å². The van der Waals surface area contributed by atoms with Gasteiger partial charge in [-0.25, -0.2) is 0 Å².